The lowest BCUT2D eigenvalue weighted by atomic mass is 9.79. The zero-order chi connectivity index (χ0) is 54.3. The van der Waals surface area contributed by atoms with Gasteiger partial charge >= 0.3 is 17.9 Å². The van der Waals surface area contributed by atoms with Gasteiger partial charge in [-0.3, -0.25) is 4.79 Å². The average molecular weight is 1020 g/mol. The van der Waals surface area contributed by atoms with Crippen molar-refractivity contribution in [3.05, 3.63) is 115 Å². The number of likely N-dealkylation sites (tertiary alicyclic amines) is 1. The van der Waals surface area contributed by atoms with E-state index >= 15 is 0 Å². The van der Waals surface area contributed by atoms with E-state index in [0.29, 0.717) is 48.9 Å². The summed E-state index contributed by atoms with van der Waals surface area (Å²) in [6, 6.07) is 17.3. The monoisotopic (exact) mass is 1020 g/mol. The molecule has 12 nitrogen and oxygen atoms in total. The molecule has 1 amide bonds. The number of hydrogen-bond donors (Lipinski definition) is 0. The van der Waals surface area contributed by atoms with Gasteiger partial charge in [0.05, 0.1) is 19.8 Å². The Morgan fingerprint density at radius 3 is 0.797 bits per heavy atom. The molecule has 0 radical (unpaired) electrons. The summed E-state index contributed by atoms with van der Waals surface area (Å²) >= 11 is 0. The Balaban J connectivity index is 1.79. The van der Waals surface area contributed by atoms with Gasteiger partial charge in [-0.15, -0.1) is 0 Å². The molecule has 1 aliphatic heterocycles. The minimum Gasteiger partial charge on any atom is -0.483 e. The van der Waals surface area contributed by atoms with Gasteiger partial charge in [-0.25, -0.2) is 14.4 Å². The molecular formula is C62H83NO11. The Hall–Kier alpha value is -6.04. The number of carbonyl (C=O) groups excluding carboxylic acids is 4. The van der Waals surface area contributed by atoms with Gasteiger partial charge < -0.3 is 38.1 Å². The van der Waals surface area contributed by atoms with Crippen molar-refractivity contribution in [2.45, 2.75) is 164 Å². The zero-order valence-corrected chi connectivity index (χ0v) is 47.2. The number of nitrogens with zero attached hydrogens (tertiary/aromatic N) is 1. The first-order valence-corrected chi connectivity index (χ1v) is 26.6. The molecule has 6 rings (SSSR count). The van der Waals surface area contributed by atoms with Gasteiger partial charge in [-0.2, -0.15) is 0 Å². The fraction of sp³-hybridized carbons (Fsp3) is 0.548. The van der Waals surface area contributed by atoms with Gasteiger partial charge in [0, 0.05) is 38.8 Å². The molecule has 0 N–H and O–H groups in total. The summed E-state index contributed by atoms with van der Waals surface area (Å²) in [5, 5.41) is 0. The molecule has 1 aliphatic carbocycles. The second kappa shape index (κ2) is 23.7. The van der Waals surface area contributed by atoms with E-state index in [1.807, 2.05) is 4.90 Å². The molecule has 0 atom stereocenters. The largest absolute Gasteiger partial charge is 0.483 e. The molecule has 0 unspecified atom stereocenters. The maximum atomic E-state index is 14.0. The molecule has 1 heterocycles. The maximum absolute atomic E-state index is 14.0. The Labute approximate surface area is 441 Å². The highest BCUT2D eigenvalue weighted by molar-refractivity contribution is 5.78. The van der Waals surface area contributed by atoms with Crippen molar-refractivity contribution in [2.24, 2.45) is 0 Å². The molecule has 8 bridgehead atoms. The first-order chi connectivity index (χ1) is 34.7. The zero-order valence-electron chi connectivity index (χ0n) is 47.2. The Bertz CT molecular complexity index is 2540. The average Bonchev–Trinajstić information content (AvgIpc) is 3.84. The minimum absolute atomic E-state index is 0.0795. The highest BCUT2D eigenvalue weighted by Gasteiger charge is 2.31. The van der Waals surface area contributed by atoms with E-state index in [4.69, 9.17) is 33.2 Å². The van der Waals surface area contributed by atoms with E-state index in [2.05, 4.69) is 132 Å². The molecule has 1 fully saturated rings. The predicted octanol–water partition coefficient (Wildman–Crippen LogP) is 11.4. The van der Waals surface area contributed by atoms with Gasteiger partial charge in [0.25, 0.3) is 5.91 Å². The minimum atomic E-state index is -0.506. The van der Waals surface area contributed by atoms with Crippen LogP contribution < -0.4 is 18.9 Å². The molecule has 0 saturated carbocycles. The van der Waals surface area contributed by atoms with Crippen LogP contribution in [-0.4, -0.2) is 88.1 Å². The molecule has 1 saturated heterocycles. The normalized spacial score (nSPS) is 14.0. The summed E-state index contributed by atoms with van der Waals surface area (Å²) in [5.41, 5.74) is 9.33. The van der Waals surface area contributed by atoms with E-state index in [1.165, 1.54) is 0 Å². The number of benzene rings is 4. The summed E-state index contributed by atoms with van der Waals surface area (Å²) in [7, 11) is 0. The maximum Gasteiger partial charge on any atom is 0.344 e. The van der Waals surface area contributed by atoms with Crippen LogP contribution in [0.4, 0.5) is 0 Å². The van der Waals surface area contributed by atoms with Gasteiger partial charge in [-0.1, -0.05) is 132 Å². The second-order valence-corrected chi connectivity index (χ2v) is 23.9. The Kier molecular flexibility index (Phi) is 18.3. The number of fused-ring (bicyclic) bond motifs is 8. The SMILES string of the molecule is CCOC(=O)COc1c2cc(C(C)(C)C)cc1Cc1cc(C(C)(C)C)cc(c1OCC(=O)OCC)Cc1cc(C(C)(C)C)cc(c1OCC(=O)N1CCCC1)Cc1cc(C(C)(C)C)cc(c1OCC(=O)OCC)C2. The molecule has 2 aliphatic rings. The van der Waals surface area contributed by atoms with Gasteiger partial charge in [-0.05, 0) is 122 Å². The lowest BCUT2D eigenvalue weighted by molar-refractivity contribution is -0.146. The van der Waals surface area contributed by atoms with Crippen LogP contribution in [0.5, 0.6) is 23.0 Å². The van der Waals surface area contributed by atoms with Crippen LogP contribution in [-0.2, 0) is 80.7 Å². The number of carbonyl (C=O) groups is 4. The number of amides is 1. The Morgan fingerprint density at radius 1 is 0.378 bits per heavy atom. The fourth-order valence-electron chi connectivity index (χ4n) is 9.56. The molecule has 4 aromatic rings. The van der Waals surface area contributed by atoms with Crippen molar-refractivity contribution < 1.29 is 52.3 Å². The van der Waals surface area contributed by atoms with Crippen LogP contribution >= 0.6 is 0 Å². The lowest BCUT2D eigenvalue weighted by Gasteiger charge is -2.29. The molecule has 74 heavy (non-hydrogen) atoms. The van der Waals surface area contributed by atoms with Crippen molar-refractivity contribution in [3.63, 3.8) is 0 Å². The summed E-state index contributed by atoms with van der Waals surface area (Å²) in [5.74, 6) is 0.542. The molecule has 12 heteroatoms. The number of rotatable bonds is 15. The highest BCUT2D eigenvalue weighted by atomic mass is 16.6. The fourth-order valence-corrected chi connectivity index (χ4v) is 9.56. The van der Waals surface area contributed by atoms with Crippen molar-refractivity contribution in [2.75, 3.05) is 59.3 Å². The molecule has 0 spiro atoms. The molecule has 0 aromatic heterocycles. The summed E-state index contributed by atoms with van der Waals surface area (Å²) < 4.78 is 43.4. The number of ether oxygens (including phenoxy) is 7. The van der Waals surface area contributed by atoms with E-state index in [0.717, 1.165) is 79.6 Å². The van der Waals surface area contributed by atoms with Crippen LogP contribution in [0, 0.1) is 0 Å². The van der Waals surface area contributed by atoms with Crippen LogP contribution in [0.2, 0.25) is 0 Å². The van der Waals surface area contributed by atoms with E-state index in [1.54, 1.807) is 20.8 Å². The van der Waals surface area contributed by atoms with Crippen LogP contribution in [0.15, 0.2) is 48.5 Å². The third-order valence-electron chi connectivity index (χ3n) is 13.7. The van der Waals surface area contributed by atoms with Gasteiger partial charge in [0.2, 0.25) is 0 Å². The van der Waals surface area contributed by atoms with Crippen molar-refractivity contribution in [1.29, 1.82) is 0 Å². The molecule has 4 aromatic carbocycles. The molecular weight excluding hydrogens is 935 g/mol. The summed E-state index contributed by atoms with van der Waals surface area (Å²) in [6.07, 6.45) is 3.07. The standard InChI is InChI=1S/C62H83NO11/c1-16-68-52(65)36-72-56-41-23-39-27-47(59(4,5)6)28-40(55(39)71-35-51(64)63-21-19-20-22-63)24-42-30-49(61(10,11)12)32-44(57(42)73-37-53(66)69-17-2)26-46-34-50(62(13,14)15)33-45(58(46)74-38-54(67)70-18-3)25-43(56)31-48(29-41)60(7,8)9/h27-34H,16-26,35-38H2,1-15H3. The van der Waals surface area contributed by atoms with Crippen molar-refractivity contribution in [3.8, 4) is 23.0 Å². The predicted molar refractivity (Wildman–Crippen MR) is 289 cm³/mol. The van der Waals surface area contributed by atoms with E-state index in [-0.39, 0.29) is 86.7 Å². The second-order valence-electron chi connectivity index (χ2n) is 23.9. The summed E-state index contributed by atoms with van der Waals surface area (Å²) in [6.45, 7) is 32.2. The molecule has 402 valence electrons. The van der Waals surface area contributed by atoms with Crippen LogP contribution in [0.25, 0.3) is 0 Å². The topological polar surface area (TPSA) is 136 Å². The third-order valence-corrected chi connectivity index (χ3v) is 13.7. The Morgan fingerprint density at radius 2 is 0.595 bits per heavy atom. The highest BCUT2D eigenvalue weighted by Crippen LogP contribution is 2.44. The smallest absolute Gasteiger partial charge is 0.344 e. The van der Waals surface area contributed by atoms with Gasteiger partial charge in [0.1, 0.15) is 23.0 Å². The number of hydrogen-bond acceptors (Lipinski definition) is 11. The van der Waals surface area contributed by atoms with Crippen LogP contribution in [0.1, 0.15) is 183 Å². The first kappa shape index (κ1) is 57.2. The van der Waals surface area contributed by atoms with Gasteiger partial charge in [0.15, 0.2) is 26.4 Å². The third kappa shape index (κ3) is 14.6. The summed E-state index contributed by atoms with van der Waals surface area (Å²) in [4.78, 5) is 55.6. The quantitative estimate of drug-likeness (QED) is 0.0732. The van der Waals surface area contributed by atoms with E-state index < -0.39 is 17.9 Å². The number of esters is 3. The van der Waals surface area contributed by atoms with Crippen LogP contribution in [0.3, 0.4) is 0 Å². The lowest BCUT2D eigenvalue weighted by Crippen LogP contribution is -2.32. The first-order valence-electron chi connectivity index (χ1n) is 26.6. The van der Waals surface area contributed by atoms with E-state index in [9.17, 15) is 19.2 Å². The van der Waals surface area contributed by atoms with Crippen molar-refractivity contribution >= 4 is 23.8 Å². The van der Waals surface area contributed by atoms with Crippen molar-refractivity contribution in [1.82, 2.24) is 4.90 Å².